The van der Waals surface area contributed by atoms with Gasteiger partial charge in [-0.15, -0.1) is 11.8 Å². The molecule has 0 spiro atoms. The zero-order chi connectivity index (χ0) is 12.8. The number of carbonyl (C=O) groups excluding carboxylic acids is 1. The Labute approximate surface area is 108 Å². The van der Waals surface area contributed by atoms with E-state index in [1.807, 2.05) is 0 Å². The van der Waals surface area contributed by atoms with Crippen molar-refractivity contribution in [1.29, 1.82) is 0 Å². The number of rotatable bonds is 4. The third-order valence-electron chi connectivity index (χ3n) is 2.14. The van der Waals surface area contributed by atoms with Crippen LogP contribution in [0.1, 0.15) is 0 Å². The number of anilines is 1. The fourth-order valence-corrected chi connectivity index (χ4v) is 2.08. The Morgan fingerprint density at radius 2 is 2.11 bits per heavy atom. The van der Waals surface area contributed by atoms with E-state index in [1.54, 1.807) is 42.7 Å². The van der Waals surface area contributed by atoms with Gasteiger partial charge in [0, 0.05) is 11.1 Å². The number of thioether (sulfide) groups is 1. The highest BCUT2D eigenvalue weighted by atomic mass is 32.2. The summed E-state index contributed by atoms with van der Waals surface area (Å²) < 4.78 is 13.3. The number of nitrogens with zero attached hydrogens (tertiary/aromatic N) is 1. The molecule has 0 aliphatic heterocycles. The highest BCUT2D eigenvalue weighted by molar-refractivity contribution is 8.00. The van der Waals surface area contributed by atoms with Crippen LogP contribution in [0, 0.1) is 5.82 Å². The highest BCUT2D eigenvalue weighted by Gasteiger charge is 2.06. The molecule has 5 heteroatoms. The van der Waals surface area contributed by atoms with Crippen molar-refractivity contribution in [2.24, 2.45) is 0 Å². The predicted octanol–water partition coefficient (Wildman–Crippen LogP) is 2.95. The van der Waals surface area contributed by atoms with Crippen LogP contribution in [0.4, 0.5) is 10.1 Å². The summed E-state index contributed by atoms with van der Waals surface area (Å²) in [5.74, 6) is -0.330. The van der Waals surface area contributed by atoms with Crippen LogP contribution in [0.5, 0.6) is 0 Å². The van der Waals surface area contributed by atoms with Crippen molar-refractivity contribution < 1.29 is 9.18 Å². The number of pyridine rings is 1. The maximum Gasteiger partial charge on any atom is 0.234 e. The van der Waals surface area contributed by atoms with Crippen molar-refractivity contribution in [3.05, 3.63) is 54.6 Å². The van der Waals surface area contributed by atoms with Gasteiger partial charge in [0.15, 0.2) is 0 Å². The van der Waals surface area contributed by atoms with Crippen LogP contribution >= 0.6 is 11.8 Å². The molecule has 0 bridgehead atoms. The molecule has 1 aromatic heterocycles. The first-order valence-electron chi connectivity index (χ1n) is 5.33. The minimum absolute atomic E-state index is 0.163. The molecule has 18 heavy (non-hydrogen) atoms. The average Bonchev–Trinajstić information content (AvgIpc) is 2.39. The molecule has 0 aliphatic rings. The van der Waals surface area contributed by atoms with Crippen LogP contribution in [0.15, 0.2) is 53.7 Å². The van der Waals surface area contributed by atoms with Crippen LogP contribution < -0.4 is 5.32 Å². The first-order valence-corrected chi connectivity index (χ1v) is 6.31. The van der Waals surface area contributed by atoms with Gasteiger partial charge >= 0.3 is 0 Å². The maximum atomic E-state index is 13.3. The first-order chi connectivity index (χ1) is 8.75. The highest BCUT2D eigenvalue weighted by Crippen LogP contribution is 2.21. The molecule has 0 saturated carbocycles. The molecule has 3 nitrogen and oxygen atoms in total. The fraction of sp³-hybridized carbons (Fsp3) is 0.0769. The molecule has 0 unspecified atom stereocenters. The summed E-state index contributed by atoms with van der Waals surface area (Å²) in [6, 6.07) is 9.87. The lowest BCUT2D eigenvalue weighted by molar-refractivity contribution is -0.113. The van der Waals surface area contributed by atoms with Gasteiger partial charge < -0.3 is 5.32 Å². The summed E-state index contributed by atoms with van der Waals surface area (Å²) in [6.45, 7) is 0. The molecule has 0 fully saturated rings. The number of hydrogen-bond donors (Lipinski definition) is 1. The number of benzene rings is 1. The molecule has 2 aromatic rings. The van der Waals surface area contributed by atoms with E-state index in [4.69, 9.17) is 0 Å². The molecule has 1 amide bonds. The standard InChI is InChI=1S/C13H11FN2OS/c14-11-5-1-2-6-12(11)18-9-13(17)16-10-4-3-7-15-8-10/h1-8H,9H2,(H,16,17). The van der Waals surface area contributed by atoms with Crippen LogP contribution in [-0.4, -0.2) is 16.6 Å². The van der Waals surface area contributed by atoms with E-state index < -0.39 is 0 Å². The minimum Gasteiger partial charge on any atom is -0.324 e. The van der Waals surface area contributed by atoms with Crippen molar-refractivity contribution in [1.82, 2.24) is 4.98 Å². The van der Waals surface area contributed by atoms with Crippen LogP contribution in [0.25, 0.3) is 0 Å². The van der Waals surface area contributed by atoms with E-state index in [0.717, 1.165) is 0 Å². The van der Waals surface area contributed by atoms with Gasteiger partial charge in [0.25, 0.3) is 0 Å². The van der Waals surface area contributed by atoms with E-state index in [0.29, 0.717) is 10.6 Å². The molecule has 0 atom stereocenters. The quantitative estimate of drug-likeness (QED) is 0.861. The second kappa shape index (κ2) is 6.16. The predicted molar refractivity (Wildman–Crippen MR) is 70.0 cm³/mol. The number of nitrogens with one attached hydrogen (secondary N) is 1. The molecule has 1 N–H and O–H groups in total. The summed E-state index contributed by atoms with van der Waals surface area (Å²) in [5, 5.41) is 2.69. The summed E-state index contributed by atoms with van der Waals surface area (Å²) in [4.78, 5) is 16.0. The Morgan fingerprint density at radius 3 is 2.83 bits per heavy atom. The van der Waals surface area contributed by atoms with Gasteiger partial charge in [0.05, 0.1) is 17.6 Å². The second-order valence-electron chi connectivity index (χ2n) is 3.51. The van der Waals surface area contributed by atoms with Crippen LogP contribution in [-0.2, 0) is 4.79 Å². The van der Waals surface area contributed by atoms with E-state index in [9.17, 15) is 9.18 Å². The third-order valence-corrected chi connectivity index (χ3v) is 3.19. The number of hydrogen-bond acceptors (Lipinski definition) is 3. The third kappa shape index (κ3) is 3.56. The van der Waals surface area contributed by atoms with E-state index in [2.05, 4.69) is 10.3 Å². The van der Waals surface area contributed by atoms with Crippen LogP contribution in [0.2, 0.25) is 0 Å². The summed E-state index contributed by atoms with van der Waals surface area (Å²) in [5.41, 5.74) is 0.636. The molecule has 92 valence electrons. The second-order valence-corrected chi connectivity index (χ2v) is 4.53. The molecule has 0 radical (unpaired) electrons. The lowest BCUT2D eigenvalue weighted by Gasteiger charge is -2.04. The minimum atomic E-state index is -0.309. The Balaban J connectivity index is 1.88. The summed E-state index contributed by atoms with van der Waals surface area (Å²) in [6.07, 6.45) is 3.19. The molecular weight excluding hydrogens is 251 g/mol. The normalized spacial score (nSPS) is 10.1. The summed E-state index contributed by atoms with van der Waals surface area (Å²) >= 11 is 1.17. The van der Waals surface area contributed by atoms with Crippen molar-refractivity contribution >= 4 is 23.4 Å². The lowest BCUT2D eigenvalue weighted by atomic mass is 10.3. The first kappa shape index (κ1) is 12.6. The SMILES string of the molecule is O=C(CSc1ccccc1F)Nc1cccnc1. The Morgan fingerprint density at radius 1 is 1.28 bits per heavy atom. The number of aromatic nitrogens is 1. The van der Waals surface area contributed by atoms with Crippen molar-refractivity contribution in [3.8, 4) is 0 Å². The van der Waals surface area contributed by atoms with Gasteiger partial charge in [-0.25, -0.2) is 4.39 Å². The van der Waals surface area contributed by atoms with Gasteiger partial charge in [-0.2, -0.15) is 0 Å². The van der Waals surface area contributed by atoms with Crippen molar-refractivity contribution in [2.75, 3.05) is 11.1 Å². The van der Waals surface area contributed by atoms with Gasteiger partial charge in [0.1, 0.15) is 5.82 Å². The van der Waals surface area contributed by atoms with E-state index >= 15 is 0 Å². The smallest absolute Gasteiger partial charge is 0.234 e. The van der Waals surface area contributed by atoms with Gasteiger partial charge in [-0.05, 0) is 24.3 Å². The van der Waals surface area contributed by atoms with Crippen molar-refractivity contribution in [2.45, 2.75) is 4.90 Å². The van der Waals surface area contributed by atoms with Gasteiger partial charge in [0.2, 0.25) is 5.91 Å². The zero-order valence-electron chi connectivity index (χ0n) is 9.47. The topological polar surface area (TPSA) is 42.0 Å². The van der Waals surface area contributed by atoms with E-state index in [1.165, 1.54) is 17.8 Å². The zero-order valence-corrected chi connectivity index (χ0v) is 10.3. The Bertz CT molecular complexity index is 534. The molecule has 2 rings (SSSR count). The molecule has 1 heterocycles. The molecule has 0 aliphatic carbocycles. The molecular formula is C13H11FN2OS. The summed E-state index contributed by atoms with van der Waals surface area (Å²) in [7, 11) is 0. The number of carbonyl (C=O) groups is 1. The number of amides is 1. The monoisotopic (exact) mass is 262 g/mol. The van der Waals surface area contributed by atoms with E-state index in [-0.39, 0.29) is 17.5 Å². The average molecular weight is 262 g/mol. The van der Waals surface area contributed by atoms with Gasteiger partial charge in [-0.3, -0.25) is 9.78 Å². The Kier molecular flexibility index (Phi) is 4.30. The lowest BCUT2D eigenvalue weighted by Crippen LogP contribution is -2.14. The largest absolute Gasteiger partial charge is 0.324 e. The number of halogens is 1. The maximum absolute atomic E-state index is 13.3. The van der Waals surface area contributed by atoms with Crippen LogP contribution in [0.3, 0.4) is 0 Å². The fourth-order valence-electron chi connectivity index (χ4n) is 1.34. The van der Waals surface area contributed by atoms with Crippen molar-refractivity contribution in [3.63, 3.8) is 0 Å². The van der Waals surface area contributed by atoms with Gasteiger partial charge in [-0.1, -0.05) is 12.1 Å². The molecule has 0 saturated heterocycles. The molecule has 1 aromatic carbocycles. The Hall–Kier alpha value is -1.88.